The summed E-state index contributed by atoms with van der Waals surface area (Å²) in [5.41, 5.74) is 3.85. The van der Waals surface area contributed by atoms with Crippen molar-refractivity contribution in [1.29, 1.82) is 0 Å². The average molecular weight is 614 g/mol. The zero-order valence-corrected chi connectivity index (χ0v) is 26.6. The molecule has 8 nitrogen and oxygen atoms in total. The third-order valence-corrected chi connectivity index (χ3v) is 8.60. The predicted octanol–water partition coefficient (Wildman–Crippen LogP) is 5.32. The summed E-state index contributed by atoms with van der Waals surface area (Å²) in [4.78, 5) is 35.5. The van der Waals surface area contributed by atoms with Gasteiger partial charge in [-0.05, 0) is 80.5 Å². The van der Waals surface area contributed by atoms with Crippen molar-refractivity contribution >= 4 is 40.5 Å². The van der Waals surface area contributed by atoms with Gasteiger partial charge in [-0.3, -0.25) is 19.4 Å². The lowest BCUT2D eigenvalue weighted by molar-refractivity contribution is -0.124. The molecule has 44 heavy (non-hydrogen) atoms. The van der Waals surface area contributed by atoms with Crippen LogP contribution in [0.15, 0.2) is 78.9 Å². The number of nitrogens with one attached hydrogen (secondary N) is 1. The monoisotopic (exact) mass is 613 g/mol. The number of piperazine rings is 1. The van der Waals surface area contributed by atoms with E-state index in [0.29, 0.717) is 24.0 Å². The van der Waals surface area contributed by atoms with Crippen LogP contribution in [0, 0.1) is 6.92 Å². The Morgan fingerprint density at radius 1 is 0.909 bits per heavy atom. The van der Waals surface area contributed by atoms with Crippen molar-refractivity contribution in [3.8, 4) is 5.75 Å². The van der Waals surface area contributed by atoms with Gasteiger partial charge in [0.1, 0.15) is 11.8 Å². The van der Waals surface area contributed by atoms with Crippen LogP contribution in [0.3, 0.4) is 0 Å². The van der Waals surface area contributed by atoms with Crippen molar-refractivity contribution in [2.45, 2.75) is 45.7 Å². The first-order chi connectivity index (χ1) is 21.4. The molecule has 3 aromatic carbocycles. The van der Waals surface area contributed by atoms with Crippen LogP contribution in [0.1, 0.15) is 37.3 Å². The Balaban J connectivity index is 1.19. The summed E-state index contributed by atoms with van der Waals surface area (Å²) >= 11 is 5.88. The average Bonchev–Trinajstić information content (AvgIpc) is 3.26. The van der Waals surface area contributed by atoms with Gasteiger partial charge in [-0.15, -0.1) is 0 Å². The van der Waals surface area contributed by atoms with E-state index in [0.717, 1.165) is 69.1 Å². The quantitative estimate of drug-likeness (QED) is 0.262. The van der Waals surface area contributed by atoms with Gasteiger partial charge >= 0.3 is 0 Å². The van der Waals surface area contributed by atoms with Gasteiger partial charge in [-0.2, -0.15) is 0 Å². The van der Waals surface area contributed by atoms with E-state index in [9.17, 15) is 9.59 Å². The molecular formula is C35H43N5O3S. The van der Waals surface area contributed by atoms with Gasteiger partial charge in [0.15, 0.2) is 5.11 Å². The Labute approximate surface area is 266 Å². The molecule has 2 heterocycles. The minimum absolute atomic E-state index is 0.0214. The van der Waals surface area contributed by atoms with E-state index < -0.39 is 6.04 Å². The van der Waals surface area contributed by atoms with Gasteiger partial charge in [0.2, 0.25) is 5.91 Å². The van der Waals surface area contributed by atoms with Crippen molar-refractivity contribution in [3.05, 3.63) is 90.0 Å². The summed E-state index contributed by atoms with van der Waals surface area (Å²) < 4.78 is 5.64. The van der Waals surface area contributed by atoms with E-state index in [4.69, 9.17) is 17.0 Å². The number of nitrogens with zero attached hydrogens (tertiary/aromatic N) is 4. The molecule has 2 aliphatic heterocycles. The summed E-state index contributed by atoms with van der Waals surface area (Å²) in [5, 5.41) is 3.41. The van der Waals surface area contributed by atoms with Crippen molar-refractivity contribution in [2.75, 3.05) is 56.1 Å². The Bertz CT molecular complexity index is 1390. The fourth-order valence-corrected chi connectivity index (χ4v) is 6.15. The number of anilines is 2. The van der Waals surface area contributed by atoms with Crippen LogP contribution in [-0.2, 0) is 16.1 Å². The highest BCUT2D eigenvalue weighted by molar-refractivity contribution is 7.80. The second-order valence-electron chi connectivity index (χ2n) is 11.6. The first kappa shape index (κ1) is 31.6. The highest BCUT2D eigenvalue weighted by Gasteiger charge is 2.43. The van der Waals surface area contributed by atoms with Gasteiger partial charge in [0.05, 0.1) is 18.7 Å². The van der Waals surface area contributed by atoms with E-state index in [-0.39, 0.29) is 18.2 Å². The Morgan fingerprint density at radius 3 is 2.27 bits per heavy atom. The van der Waals surface area contributed by atoms with Crippen LogP contribution in [0.5, 0.6) is 5.75 Å². The SMILES string of the molecule is CCCOc1ccc(NC(=O)C[C@H]2C(=O)N(c3ccc(C)cc3)C(=S)N2CCCN2CCN(Cc3ccccc3)CC2)cc1. The molecule has 232 valence electrons. The number of rotatable bonds is 13. The molecule has 9 heteroatoms. The lowest BCUT2D eigenvalue weighted by atomic mass is 10.1. The molecule has 2 amide bonds. The predicted molar refractivity (Wildman–Crippen MR) is 180 cm³/mol. The second-order valence-corrected chi connectivity index (χ2v) is 11.9. The fraction of sp³-hybridized carbons (Fsp3) is 0.400. The number of hydrogen-bond acceptors (Lipinski definition) is 6. The lowest BCUT2D eigenvalue weighted by Gasteiger charge is -2.35. The number of ether oxygens (including phenoxy) is 1. The van der Waals surface area contributed by atoms with Gasteiger partial charge in [-0.25, -0.2) is 0 Å². The van der Waals surface area contributed by atoms with Crippen LogP contribution in [-0.4, -0.2) is 83.5 Å². The van der Waals surface area contributed by atoms with Crippen molar-refractivity contribution in [3.63, 3.8) is 0 Å². The van der Waals surface area contributed by atoms with Crippen LogP contribution in [0.4, 0.5) is 11.4 Å². The Hall–Kier alpha value is -3.79. The maximum atomic E-state index is 13.8. The molecule has 5 rings (SSSR count). The third-order valence-electron chi connectivity index (χ3n) is 8.19. The van der Waals surface area contributed by atoms with E-state index >= 15 is 0 Å². The molecular weight excluding hydrogens is 570 g/mol. The summed E-state index contributed by atoms with van der Waals surface area (Å²) in [6, 6.07) is 25.1. The Morgan fingerprint density at radius 2 is 1.59 bits per heavy atom. The minimum atomic E-state index is -0.654. The molecule has 2 aliphatic rings. The fourth-order valence-electron chi connectivity index (χ4n) is 5.74. The molecule has 0 unspecified atom stereocenters. The molecule has 0 spiro atoms. The molecule has 2 saturated heterocycles. The summed E-state index contributed by atoms with van der Waals surface area (Å²) in [6.45, 7) is 11.3. The molecule has 2 fully saturated rings. The normalized spacial score (nSPS) is 17.7. The zero-order chi connectivity index (χ0) is 30.9. The largest absolute Gasteiger partial charge is 0.494 e. The van der Waals surface area contributed by atoms with E-state index in [1.807, 2.05) is 60.4 Å². The van der Waals surface area contributed by atoms with Gasteiger partial charge in [0.25, 0.3) is 5.91 Å². The molecule has 0 aromatic heterocycles. The maximum absolute atomic E-state index is 13.8. The zero-order valence-electron chi connectivity index (χ0n) is 25.8. The molecule has 1 atom stereocenters. The first-order valence-corrected chi connectivity index (χ1v) is 16.0. The molecule has 1 N–H and O–H groups in total. The highest BCUT2D eigenvalue weighted by atomic mass is 32.1. The van der Waals surface area contributed by atoms with Crippen LogP contribution < -0.4 is 15.0 Å². The van der Waals surface area contributed by atoms with Crippen LogP contribution in [0.2, 0.25) is 0 Å². The molecule has 0 bridgehead atoms. The summed E-state index contributed by atoms with van der Waals surface area (Å²) in [6.07, 6.45) is 1.80. The van der Waals surface area contributed by atoms with Gasteiger partial charge in [0, 0.05) is 45.0 Å². The highest BCUT2D eigenvalue weighted by Crippen LogP contribution is 2.28. The number of amides is 2. The number of carbonyl (C=O) groups is 2. The van der Waals surface area contributed by atoms with E-state index in [2.05, 4.69) is 52.4 Å². The van der Waals surface area contributed by atoms with Crippen LogP contribution >= 0.6 is 12.2 Å². The lowest BCUT2D eigenvalue weighted by Crippen LogP contribution is -2.47. The maximum Gasteiger partial charge on any atom is 0.256 e. The molecule has 0 saturated carbocycles. The number of hydrogen-bond donors (Lipinski definition) is 1. The number of aryl methyl sites for hydroxylation is 1. The standard InChI is InChI=1S/C35H43N5O3S/c1-3-24-43-31-16-12-29(13-17-31)36-33(41)25-32-34(42)40(30-14-10-27(2)11-15-30)35(44)39(32)19-7-18-37-20-22-38(23-21-37)26-28-8-5-4-6-9-28/h4-6,8-17,32H,3,7,18-26H2,1-2H3,(H,36,41)/t32-/m0/s1. The van der Waals surface area contributed by atoms with Gasteiger partial charge < -0.3 is 19.9 Å². The number of carbonyl (C=O) groups excluding carboxylic acids is 2. The van der Waals surface area contributed by atoms with Crippen molar-refractivity contribution < 1.29 is 14.3 Å². The van der Waals surface area contributed by atoms with E-state index in [1.54, 1.807) is 4.90 Å². The Kier molecular flexibility index (Phi) is 11.0. The van der Waals surface area contributed by atoms with Crippen LogP contribution in [0.25, 0.3) is 0 Å². The smallest absolute Gasteiger partial charge is 0.256 e. The first-order valence-electron chi connectivity index (χ1n) is 15.6. The summed E-state index contributed by atoms with van der Waals surface area (Å²) in [7, 11) is 0. The molecule has 0 radical (unpaired) electrons. The number of thiocarbonyl (C=S) groups is 1. The van der Waals surface area contributed by atoms with Crippen molar-refractivity contribution in [2.24, 2.45) is 0 Å². The summed E-state index contributed by atoms with van der Waals surface area (Å²) in [5.74, 6) is 0.379. The van der Waals surface area contributed by atoms with E-state index in [1.165, 1.54) is 5.56 Å². The number of benzene rings is 3. The topological polar surface area (TPSA) is 68.4 Å². The van der Waals surface area contributed by atoms with Gasteiger partial charge in [-0.1, -0.05) is 55.0 Å². The third kappa shape index (κ3) is 8.22. The van der Waals surface area contributed by atoms with Crippen molar-refractivity contribution in [1.82, 2.24) is 14.7 Å². The minimum Gasteiger partial charge on any atom is -0.494 e. The molecule has 3 aromatic rings. The molecule has 0 aliphatic carbocycles. The second kappa shape index (κ2) is 15.3.